The minimum atomic E-state index is -3.54. The fourth-order valence-electron chi connectivity index (χ4n) is 1.65. The normalized spacial score (nSPS) is 12.5. The van der Waals surface area contributed by atoms with E-state index in [1.807, 2.05) is 0 Å². The van der Waals surface area contributed by atoms with Gasteiger partial charge in [0.05, 0.1) is 12.1 Å². The Balaban J connectivity index is 2.98. The summed E-state index contributed by atoms with van der Waals surface area (Å²) < 4.78 is 27.7. The molecule has 0 aliphatic heterocycles. The van der Waals surface area contributed by atoms with Crippen molar-refractivity contribution in [2.24, 2.45) is 0 Å². The van der Waals surface area contributed by atoms with Crippen molar-refractivity contribution in [3.63, 3.8) is 0 Å². The summed E-state index contributed by atoms with van der Waals surface area (Å²) in [7, 11) is -2.13. The lowest BCUT2D eigenvalue weighted by Crippen LogP contribution is -2.37. The second-order valence-corrected chi connectivity index (χ2v) is 7.17. The molecule has 0 aliphatic carbocycles. The number of aliphatic carboxylic acids is 1. The maximum Gasteiger partial charge on any atom is 0.330 e. The summed E-state index contributed by atoms with van der Waals surface area (Å²) in [6.45, 7) is 1.40. The molecule has 1 aromatic rings. The summed E-state index contributed by atoms with van der Waals surface area (Å²) in [4.78, 5) is 23.0. The van der Waals surface area contributed by atoms with Crippen LogP contribution in [0.3, 0.4) is 0 Å². The molecule has 1 amide bonds. The van der Waals surface area contributed by atoms with Gasteiger partial charge >= 0.3 is 5.97 Å². The maximum atomic E-state index is 11.7. The average Bonchev–Trinajstić information content (AvgIpc) is 2.44. The number of ether oxygens (including phenoxy) is 1. The fraction of sp³-hybridized carbons (Fsp3) is 0.385. The van der Waals surface area contributed by atoms with E-state index in [9.17, 15) is 23.1 Å². The molecule has 0 aliphatic rings. The predicted molar refractivity (Wildman–Crippen MR) is 80.9 cm³/mol. The van der Waals surface area contributed by atoms with E-state index < -0.39 is 33.5 Å². The zero-order valence-electron chi connectivity index (χ0n) is 12.0. The van der Waals surface area contributed by atoms with Crippen LogP contribution in [0.15, 0.2) is 18.2 Å². The van der Waals surface area contributed by atoms with E-state index in [-0.39, 0.29) is 16.3 Å². The van der Waals surface area contributed by atoms with Crippen LogP contribution in [0.5, 0.6) is 5.75 Å². The molecule has 0 radical (unpaired) electrons. The molecule has 122 valence electrons. The molecule has 1 atom stereocenters. The Morgan fingerprint density at radius 2 is 2.05 bits per heavy atom. The van der Waals surface area contributed by atoms with Crippen LogP contribution in [0.25, 0.3) is 0 Å². The highest BCUT2D eigenvalue weighted by Gasteiger charge is 2.25. The molecule has 2 N–H and O–H groups in total. The van der Waals surface area contributed by atoms with Gasteiger partial charge in [0.25, 0.3) is 0 Å². The first-order valence-electron chi connectivity index (χ1n) is 6.26. The number of rotatable bonds is 7. The molecule has 0 spiro atoms. The summed E-state index contributed by atoms with van der Waals surface area (Å²) in [6.07, 6.45) is 0. The first-order chi connectivity index (χ1) is 10.2. The van der Waals surface area contributed by atoms with Gasteiger partial charge in [0, 0.05) is 5.75 Å². The molecular weight excluding hydrogens is 334 g/mol. The van der Waals surface area contributed by atoms with Crippen molar-refractivity contribution in [2.45, 2.75) is 13.0 Å². The van der Waals surface area contributed by atoms with Crippen LogP contribution in [0.1, 0.15) is 18.5 Å². The van der Waals surface area contributed by atoms with Gasteiger partial charge in [-0.15, -0.1) is 0 Å². The van der Waals surface area contributed by atoms with Gasteiger partial charge in [-0.05, 0) is 17.7 Å². The number of carboxylic acids is 1. The average molecular weight is 350 g/mol. The molecule has 7 nitrogen and oxygen atoms in total. The van der Waals surface area contributed by atoms with Gasteiger partial charge in [-0.3, -0.25) is 4.79 Å². The highest BCUT2D eigenvalue weighted by molar-refractivity contribution is 7.92. The predicted octanol–water partition coefficient (Wildman–Crippen LogP) is 1.03. The summed E-state index contributed by atoms with van der Waals surface area (Å²) >= 11 is 5.92. The summed E-state index contributed by atoms with van der Waals surface area (Å²) in [5, 5.41) is 11.6. The van der Waals surface area contributed by atoms with Crippen molar-refractivity contribution in [1.82, 2.24) is 5.32 Å². The molecule has 0 saturated carbocycles. The van der Waals surface area contributed by atoms with Crippen LogP contribution in [0, 0.1) is 0 Å². The van der Waals surface area contributed by atoms with Crippen LogP contribution in [0.2, 0.25) is 5.02 Å². The fourth-order valence-corrected chi connectivity index (χ4v) is 2.61. The molecule has 1 rings (SSSR count). The number of methoxy groups -OCH3 is 1. The topological polar surface area (TPSA) is 110 Å². The number of carbonyl (C=O) groups excluding carboxylic acids is 1. The molecular formula is C13H16ClNO6S. The smallest absolute Gasteiger partial charge is 0.330 e. The Morgan fingerprint density at radius 3 is 2.50 bits per heavy atom. The lowest BCUT2D eigenvalue weighted by molar-refractivity contribution is -0.141. The van der Waals surface area contributed by atoms with Crippen LogP contribution in [-0.2, 0) is 19.4 Å². The summed E-state index contributed by atoms with van der Waals surface area (Å²) in [5.41, 5.74) is 0.209. The van der Waals surface area contributed by atoms with Gasteiger partial charge in [0.2, 0.25) is 5.91 Å². The number of halogens is 1. The van der Waals surface area contributed by atoms with E-state index >= 15 is 0 Å². The quantitative estimate of drug-likeness (QED) is 0.760. The van der Waals surface area contributed by atoms with E-state index in [0.717, 1.165) is 0 Å². The van der Waals surface area contributed by atoms with Crippen LogP contribution < -0.4 is 10.1 Å². The van der Waals surface area contributed by atoms with Gasteiger partial charge in [0.15, 0.2) is 15.9 Å². The zero-order valence-corrected chi connectivity index (χ0v) is 13.6. The Bertz CT molecular complexity index is 673. The molecule has 22 heavy (non-hydrogen) atoms. The van der Waals surface area contributed by atoms with E-state index in [4.69, 9.17) is 16.3 Å². The first-order valence-corrected chi connectivity index (χ1v) is 8.46. The monoisotopic (exact) mass is 349 g/mol. The Hall–Kier alpha value is -1.80. The first kappa shape index (κ1) is 18.2. The molecule has 1 aromatic carbocycles. The lowest BCUT2D eigenvalue weighted by atomic mass is 10.1. The number of amides is 1. The van der Waals surface area contributed by atoms with Crippen molar-refractivity contribution in [2.75, 3.05) is 18.6 Å². The van der Waals surface area contributed by atoms with E-state index in [1.54, 1.807) is 0 Å². The van der Waals surface area contributed by atoms with Crippen molar-refractivity contribution in [3.8, 4) is 5.75 Å². The lowest BCUT2D eigenvalue weighted by Gasteiger charge is -2.16. The summed E-state index contributed by atoms with van der Waals surface area (Å²) in [5.74, 6) is -2.83. The largest absolute Gasteiger partial charge is 0.495 e. The minimum absolute atomic E-state index is 0.182. The maximum absolute atomic E-state index is 11.7. The Kier molecular flexibility index (Phi) is 6.19. The van der Waals surface area contributed by atoms with Crippen LogP contribution in [-0.4, -0.2) is 44.0 Å². The molecule has 0 fully saturated rings. The Labute approximate surface area is 133 Å². The standard InChI is InChI=1S/C13H16ClNO6S/c1-3-22(19,20)7-11(16)15-12(13(17)18)8-4-5-10(21-2)9(14)6-8/h4-6,12H,3,7H2,1-2H3,(H,15,16)(H,17,18). The van der Waals surface area contributed by atoms with Gasteiger partial charge < -0.3 is 15.2 Å². The number of nitrogens with one attached hydrogen (secondary N) is 1. The SMILES string of the molecule is CCS(=O)(=O)CC(=O)NC(C(=O)O)c1ccc(OC)c(Cl)c1. The van der Waals surface area contributed by atoms with Gasteiger partial charge in [-0.25, -0.2) is 13.2 Å². The molecule has 0 aromatic heterocycles. The van der Waals surface area contributed by atoms with Crippen molar-refractivity contribution >= 4 is 33.3 Å². The highest BCUT2D eigenvalue weighted by atomic mass is 35.5. The second kappa shape index (κ2) is 7.46. The number of hydrogen-bond donors (Lipinski definition) is 2. The molecule has 9 heteroatoms. The second-order valence-electron chi connectivity index (χ2n) is 4.41. The van der Waals surface area contributed by atoms with Crippen molar-refractivity contribution in [1.29, 1.82) is 0 Å². The zero-order chi connectivity index (χ0) is 16.9. The number of hydrogen-bond acceptors (Lipinski definition) is 5. The third-order valence-corrected chi connectivity index (χ3v) is 4.73. The summed E-state index contributed by atoms with van der Waals surface area (Å²) in [6, 6.07) is 2.83. The van der Waals surface area contributed by atoms with Gasteiger partial charge in [-0.1, -0.05) is 24.6 Å². The Morgan fingerprint density at radius 1 is 1.41 bits per heavy atom. The van der Waals surface area contributed by atoms with E-state index in [0.29, 0.717) is 5.75 Å². The number of carboxylic acid groups (broad SMARTS) is 1. The molecule has 1 unspecified atom stereocenters. The number of benzene rings is 1. The van der Waals surface area contributed by atoms with Gasteiger partial charge in [0.1, 0.15) is 11.5 Å². The molecule has 0 saturated heterocycles. The van der Waals surface area contributed by atoms with Crippen LogP contribution in [0.4, 0.5) is 0 Å². The highest BCUT2D eigenvalue weighted by Crippen LogP contribution is 2.27. The third-order valence-electron chi connectivity index (χ3n) is 2.85. The number of carbonyl (C=O) groups is 2. The van der Waals surface area contributed by atoms with Gasteiger partial charge in [-0.2, -0.15) is 0 Å². The van der Waals surface area contributed by atoms with Crippen molar-refractivity contribution < 1.29 is 27.9 Å². The molecule has 0 heterocycles. The van der Waals surface area contributed by atoms with E-state index in [2.05, 4.69) is 5.32 Å². The third kappa shape index (κ3) is 4.88. The molecule has 0 bridgehead atoms. The van der Waals surface area contributed by atoms with Crippen LogP contribution >= 0.6 is 11.6 Å². The van der Waals surface area contributed by atoms with E-state index in [1.165, 1.54) is 32.2 Å². The van der Waals surface area contributed by atoms with Crippen molar-refractivity contribution in [3.05, 3.63) is 28.8 Å². The number of sulfone groups is 1. The minimum Gasteiger partial charge on any atom is -0.495 e.